The Labute approximate surface area is 147 Å². The van der Waals surface area contributed by atoms with Crippen molar-refractivity contribution in [3.05, 3.63) is 64.4 Å². The van der Waals surface area contributed by atoms with Gasteiger partial charge in [0.05, 0.1) is 5.02 Å². The monoisotopic (exact) mass is 351 g/mol. The minimum Gasteiger partial charge on any atom is -0.316 e. The smallest absolute Gasteiger partial charge is 0.123 e. The quantitative estimate of drug-likeness (QED) is 0.471. The van der Waals surface area contributed by atoms with Crippen LogP contribution in [0.25, 0.3) is 0 Å². The number of hydrogen-bond donors (Lipinski definition) is 1. The summed E-state index contributed by atoms with van der Waals surface area (Å²) in [6, 6.07) is 12.9. The van der Waals surface area contributed by atoms with Crippen LogP contribution >= 0.6 is 23.4 Å². The van der Waals surface area contributed by atoms with Gasteiger partial charge in [0.2, 0.25) is 0 Å². The third-order valence-electron chi connectivity index (χ3n) is 3.66. The average molecular weight is 352 g/mol. The molecule has 0 aromatic heterocycles. The molecule has 2 aromatic carbocycles. The number of thioether (sulfide) groups is 1. The summed E-state index contributed by atoms with van der Waals surface area (Å²) >= 11 is 8.05. The van der Waals surface area contributed by atoms with Gasteiger partial charge in [-0.05, 0) is 68.2 Å². The summed E-state index contributed by atoms with van der Waals surface area (Å²) in [4.78, 5) is 1.08. The maximum absolute atomic E-state index is 13.0. The van der Waals surface area contributed by atoms with E-state index < -0.39 is 0 Å². The van der Waals surface area contributed by atoms with Crippen LogP contribution < -0.4 is 5.32 Å². The van der Waals surface area contributed by atoms with Gasteiger partial charge in [-0.3, -0.25) is 0 Å². The molecule has 0 radical (unpaired) electrons. The lowest BCUT2D eigenvalue weighted by molar-refractivity contribution is 0.627. The Hall–Kier alpha value is -1.03. The SMILES string of the molecule is CCCNCCc1ccc(Cl)c(SC(C)c2ccc(F)cc2)c1. The molecular formula is C19H23ClFNS. The third kappa shape index (κ3) is 5.83. The van der Waals surface area contributed by atoms with Crippen molar-refractivity contribution in [1.82, 2.24) is 5.32 Å². The molecule has 2 rings (SSSR count). The fourth-order valence-corrected chi connectivity index (χ4v) is 3.65. The molecule has 0 saturated carbocycles. The number of benzene rings is 2. The Morgan fingerprint density at radius 1 is 1.13 bits per heavy atom. The van der Waals surface area contributed by atoms with Crippen molar-refractivity contribution in [2.75, 3.05) is 13.1 Å². The standard InChI is InChI=1S/C19H23ClFNS/c1-3-11-22-12-10-15-4-9-18(20)19(13-15)23-14(2)16-5-7-17(21)8-6-16/h4-9,13-14,22H,3,10-12H2,1-2H3. The highest BCUT2D eigenvalue weighted by molar-refractivity contribution is 7.99. The van der Waals surface area contributed by atoms with Crippen LogP contribution in [0.2, 0.25) is 5.02 Å². The third-order valence-corrected chi connectivity index (χ3v) is 5.32. The second kappa shape index (κ2) is 9.31. The van der Waals surface area contributed by atoms with Crippen LogP contribution in [-0.2, 0) is 6.42 Å². The van der Waals surface area contributed by atoms with Crippen LogP contribution in [0, 0.1) is 5.82 Å². The zero-order chi connectivity index (χ0) is 16.7. The summed E-state index contributed by atoms with van der Waals surface area (Å²) in [5.41, 5.74) is 2.38. The van der Waals surface area contributed by atoms with Gasteiger partial charge < -0.3 is 5.32 Å². The number of hydrogen-bond acceptors (Lipinski definition) is 2. The van der Waals surface area contributed by atoms with E-state index in [2.05, 4.69) is 31.3 Å². The van der Waals surface area contributed by atoms with Crippen LogP contribution in [-0.4, -0.2) is 13.1 Å². The minimum absolute atomic E-state index is 0.203. The van der Waals surface area contributed by atoms with E-state index in [0.29, 0.717) is 0 Å². The predicted octanol–water partition coefficient (Wildman–Crippen LogP) is 5.87. The van der Waals surface area contributed by atoms with E-state index in [9.17, 15) is 4.39 Å². The first-order valence-electron chi connectivity index (χ1n) is 8.01. The highest BCUT2D eigenvalue weighted by Crippen LogP contribution is 2.38. The fourth-order valence-electron chi connectivity index (χ4n) is 2.32. The van der Waals surface area contributed by atoms with Crippen LogP contribution in [0.4, 0.5) is 4.39 Å². The lowest BCUT2D eigenvalue weighted by atomic mass is 10.1. The molecule has 0 fully saturated rings. The number of halogens is 2. The summed E-state index contributed by atoms with van der Waals surface area (Å²) < 4.78 is 13.0. The maximum Gasteiger partial charge on any atom is 0.123 e. The normalized spacial score (nSPS) is 12.3. The van der Waals surface area contributed by atoms with E-state index in [1.54, 1.807) is 11.8 Å². The van der Waals surface area contributed by atoms with Gasteiger partial charge in [0, 0.05) is 10.1 Å². The molecule has 0 bridgehead atoms. The van der Waals surface area contributed by atoms with E-state index in [1.165, 1.54) is 17.7 Å². The fraction of sp³-hybridized carbons (Fsp3) is 0.368. The van der Waals surface area contributed by atoms with Crippen molar-refractivity contribution < 1.29 is 4.39 Å². The maximum atomic E-state index is 13.0. The largest absolute Gasteiger partial charge is 0.316 e. The van der Waals surface area contributed by atoms with Crippen molar-refractivity contribution in [2.45, 2.75) is 36.8 Å². The van der Waals surface area contributed by atoms with E-state index in [1.807, 2.05) is 18.2 Å². The molecule has 1 atom stereocenters. The van der Waals surface area contributed by atoms with E-state index >= 15 is 0 Å². The highest BCUT2D eigenvalue weighted by Gasteiger charge is 2.11. The molecule has 1 unspecified atom stereocenters. The van der Waals surface area contributed by atoms with Crippen molar-refractivity contribution in [2.24, 2.45) is 0 Å². The van der Waals surface area contributed by atoms with Crippen LogP contribution in [0.3, 0.4) is 0 Å². The molecule has 0 saturated heterocycles. The Morgan fingerprint density at radius 3 is 2.57 bits per heavy atom. The zero-order valence-corrected chi connectivity index (χ0v) is 15.2. The number of rotatable bonds is 8. The van der Waals surface area contributed by atoms with E-state index in [-0.39, 0.29) is 11.1 Å². The molecule has 0 spiro atoms. The molecule has 0 aliphatic heterocycles. The molecule has 1 nitrogen and oxygen atoms in total. The predicted molar refractivity (Wildman–Crippen MR) is 99.0 cm³/mol. The molecular weight excluding hydrogens is 329 g/mol. The first-order valence-corrected chi connectivity index (χ1v) is 9.27. The minimum atomic E-state index is -0.203. The van der Waals surface area contributed by atoms with Gasteiger partial charge >= 0.3 is 0 Å². The zero-order valence-electron chi connectivity index (χ0n) is 13.6. The molecule has 124 valence electrons. The first-order chi connectivity index (χ1) is 11.1. The Bertz CT molecular complexity index is 615. The summed E-state index contributed by atoms with van der Waals surface area (Å²) in [7, 11) is 0. The van der Waals surface area contributed by atoms with Crippen LogP contribution in [0.5, 0.6) is 0 Å². The van der Waals surface area contributed by atoms with Gasteiger partial charge in [-0.25, -0.2) is 4.39 Å². The van der Waals surface area contributed by atoms with Gasteiger partial charge in [0.25, 0.3) is 0 Å². The lowest BCUT2D eigenvalue weighted by Gasteiger charge is -2.14. The Morgan fingerprint density at radius 2 is 1.87 bits per heavy atom. The molecule has 0 aliphatic rings. The second-order valence-corrected chi connectivity index (χ2v) is 7.37. The lowest BCUT2D eigenvalue weighted by Crippen LogP contribution is -2.17. The van der Waals surface area contributed by atoms with Crippen molar-refractivity contribution in [3.8, 4) is 0 Å². The van der Waals surface area contributed by atoms with Crippen LogP contribution in [0.15, 0.2) is 47.4 Å². The van der Waals surface area contributed by atoms with Crippen molar-refractivity contribution >= 4 is 23.4 Å². The van der Waals surface area contributed by atoms with Crippen molar-refractivity contribution in [3.63, 3.8) is 0 Å². The Balaban J connectivity index is 2.01. The topological polar surface area (TPSA) is 12.0 Å². The van der Waals surface area contributed by atoms with Gasteiger partial charge in [-0.15, -0.1) is 11.8 Å². The van der Waals surface area contributed by atoms with Gasteiger partial charge in [-0.1, -0.05) is 36.7 Å². The summed E-state index contributed by atoms with van der Waals surface area (Å²) in [5, 5.41) is 4.41. The number of nitrogens with one attached hydrogen (secondary N) is 1. The summed E-state index contributed by atoms with van der Waals surface area (Å²) in [6.45, 7) is 6.31. The second-order valence-electron chi connectivity index (χ2n) is 5.58. The summed E-state index contributed by atoms with van der Waals surface area (Å²) in [5.74, 6) is -0.203. The molecule has 0 heterocycles. The highest BCUT2D eigenvalue weighted by atomic mass is 35.5. The summed E-state index contributed by atoms with van der Waals surface area (Å²) in [6.07, 6.45) is 2.15. The average Bonchev–Trinajstić information content (AvgIpc) is 2.55. The van der Waals surface area contributed by atoms with Gasteiger partial charge in [-0.2, -0.15) is 0 Å². The molecule has 0 aliphatic carbocycles. The van der Waals surface area contributed by atoms with Crippen molar-refractivity contribution in [1.29, 1.82) is 0 Å². The van der Waals surface area contributed by atoms with Gasteiger partial charge in [0.1, 0.15) is 5.82 Å². The van der Waals surface area contributed by atoms with Crippen LogP contribution in [0.1, 0.15) is 36.6 Å². The molecule has 1 N–H and O–H groups in total. The van der Waals surface area contributed by atoms with E-state index in [4.69, 9.17) is 11.6 Å². The first kappa shape index (κ1) is 18.3. The molecule has 0 amide bonds. The molecule has 2 aromatic rings. The molecule has 23 heavy (non-hydrogen) atoms. The molecule has 4 heteroatoms. The van der Waals surface area contributed by atoms with E-state index in [0.717, 1.165) is 41.4 Å². The Kier molecular flexibility index (Phi) is 7.41. The van der Waals surface area contributed by atoms with Gasteiger partial charge in [0.15, 0.2) is 0 Å².